The predicted octanol–water partition coefficient (Wildman–Crippen LogP) is 3.99. The van der Waals surface area contributed by atoms with Gasteiger partial charge in [0.15, 0.2) is 0 Å². The topological polar surface area (TPSA) is 91.5 Å². The van der Waals surface area contributed by atoms with Crippen LogP contribution in [0, 0.1) is 10.1 Å². The summed E-state index contributed by atoms with van der Waals surface area (Å²) in [7, 11) is 1.36. The van der Waals surface area contributed by atoms with Gasteiger partial charge in [0.25, 0.3) is 5.69 Å². The first kappa shape index (κ1) is 20.1. The highest BCUT2D eigenvalue weighted by Gasteiger charge is 2.30. The zero-order chi connectivity index (χ0) is 21.0. The minimum atomic E-state index is -4.48. The molecule has 0 amide bonds. The Balaban J connectivity index is 1.85. The number of nitrogens with zero attached hydrogens (tertiary/aromatic N) is 3. The lowest BCUT2D eigenvalue weighted by Gasteiger charge is -2.13. The largest absolute Gasteiger partial charge is 0.487 e. The van der Waals surface area contributed by atoms with Gasteiger partial charge in [0.2, 0.25) is 0 Å². The first-order chi connectivity index (χ1) is 13.8. The second kappa shape index (κ2) is 8.19. The van der Waals surface area contributed by atoms with Gasteiger partial charge in [0.05, 0.1) is 40.7 Å². The van der Waals surface area contributed by atoms with Crippen LogP contribution in [-0.2, 0) is 11.0 Å². The van der Waals surface area contributed by atoms with Crippen LogP contribution in [0.1, 0.15) is 5.56 Å². The van der Waals surface area contributed by atoms with Crippen molar-refractivity contribution in [2.75, 3.05) is 13.7 Å². The molecule has 1 aromatic heterocycles. The quantitative estimate of drug-likeness (QED) is 0.470. The molecule has 29 heavy (non-hydrogen) atoms. The monoisotopic (exact) mass is 408 g/mol. The van der Waals surface area contributed by atoms with Gasteiger partial charge in [-0.15, -0.1) is 0 Å². The van der Waals surface area contributed by atoms with E-state index in [2.05, 4.69) is 10.5 Å². The Morgan fingerprint density at radius 2 is 2.10 bits per heavy atom. The maximum Gasteiger partial charge on any atom is 0.416 e. The van der Waals surface area contributed by atoms with E-state index in [9.17, 15) is 23.3 Å². The molecule has 0 saturated heterocycles. The van der Waals surface area contributed by atoms with Crippen molar-refractivity contribution in [3.05, 3.63) is 70.2 Å². The Hall–Kier alpha value is -3.60. The summed E-state index contributed by atoms with van der Waals surface area (Å²) in [5.74, 6) is 0.0229. The molecule has 1 heterocycles. The number of non-ortho nitro benzene ring substituents is 1. The van der Waals surface area contributed by atoms with Crippen molar-refractivity contribution in [1.29, 1.82) is 0 Å². The Morgan fingerprint density at radius 3 is 2.79 bits per heavy atom. The Labute approximate surface area is 162 Å². The van der Waals surface area contributed by atoms with Crippen molar-refractivity contribution in [3.8, 4) is 5.75 Å². The summed E-state index contributed by atoms with van der Waals surface area (Å²) in [5, 5.41) is 11.0. The maximum atomic E-state index is 12.8. The van der Waals surface area contributed by atoms with E-state index in [4.69, 9.17) is 9.57 Å². The van der Waals surface area contributed by atoms with Crippen LogP contribution in [0.3, 0.4) is 0 Å². The number of halogens is 3. The van der Waals surface area contributed by atoms with Gasteiger partial charge in [-0.2, -0.15) is 13.2 Å². The molecule has 152 valence electrons. The van der Waals surface area contributed by atoms with Crippen LogP contribution in [0.25, 0.3) is 17.2 Å². The highest BCUT2D eigenvalue weighted by molar-refractivity contribution is 5.80. The number of fused-ring (bicyclic) bond motifs is 1. The number of hydrogen-bond donors (Lipinski definition) is 1. The molecule has 0 saturated carbocycles. The minimum Gasteiger partial charge on any atom is -0.487 e. The molecule has 11 heteroatoms. The molecule has 8 nitrogen and oxygen atoms in total. The summed E-state index contributed by atoms with van der Waals surface area (Å²) in [5.41, 5.74) is 2.98. The van der Waals surface area contributed by atoms with Crippen molar-refractivity contribution >= 4 is 22.9 Å². The molecule has 0 aliphatic carbocycles. The van der Waals surface area contributed by atoms with Gasteiger partial charge in [-0.05, 0) is 24.3 Å². The lowest BCUT2D eigenvalue weighted by molar-refractivity contribution is -0.384. The van der Waals surface area contributed by atoms with E-state index in [1.165, 1.54) is 54.5 Å². The molecule has 3 aromatic rings. The molecule has 2 aromatic carbocycles. The smallest absolute Gasteiger partial charge is 0.416 e. The van der Waals surface area contributed by atoms with Crippen molar-refractivity contribution in [2.45, 2.75) is 6.18 Å². The number of nitro groups is 1. The normalized spacial score (nSPS) is 12.2. The van der Waals surface area contributed by atoms with Crippen molar-refractivity contribution in [3.63, 3.8) is 0 Å². The maximum absolute atomic E-state index is 12.8. The molecular formula is C18H15F3N4O4. The van der Waals surface area contributed by atoms with Crippen LogP contribution in [-0.4, -0.2) is 28.2 Å². The van der Waals surface area contributed by atoms with Gasteiger partial charge in [-0.1, -0.05) is 6.07 Å². The van der Waals surface area contributed by atoms with E-state index < -0.39 is 16.7 Å². The van der Waals surface area contributed by atoms with Crippen LogP contribution >= 0.6 is 0 Å². The number of hydroxylamine groups is 1. The molecular weight excluding hydrogens is 393 g/mol. The van der Waals surface area contributed by atoms with E-state index >= 15 is 0 Å². The number of ether oxygens (including phenoxy) is 1. The summed E-state index contributed by atoms with van der Waals surface area (Å²) in [6, 6.07) is 8.69. The first-order valence-corrected chi connectivity index (χ1v) is 8.18. The Kier molecular flexibility index (Phi) is 5.69. The highest BCUT2D eigenvalue weighted by Crippen LogP contribution is 2.31. The zero-order valence-corrected chi connectivity index (χ0v) is 15.0. The van der Waals surface area contributed by atoms with Gasteiger partial charge < -0.3 is 9.30 Å². The van der Waals surface area contributed by atoms with Crippen LogP contribution < -0.4 is 10.2 Å². The molecule has 0 atom stereocenters. The zero-order valence-electron chi connectivity index (χ0n) is 15.0. The lowest BCUT2D eigenvalue weighted by Crippen LogP contribution is -2.18. The molecule has 0 aliphatic heterocycles. The summed E-state index contributed by atoms with van der Waals surface area (Å²) in [6.07, 6.45) is -1.53. The van der Waals surface area contributed by atoms with E-state index in [1.54, 1.807) is 0 Å². The van der Waals surface area contributed by atoms with Gasteiger partial charge in [-0.25, -0.2) is 4.98 Å². The third-order valence-electron chi connectivity index (χ3n) is 3.85. The molecule has 0 radical (unpaired) electrons. The number of imidazole rings is 1. The third-order valence-corrected chi connectivity index (χ3v) is 3.85. The van der Waals surface area contributed by atoms with Gasteiger partial charge in [-0.3, -0.25) is 20.4 Å². The van der Waals surface area contributed by atoms with Crippen LogP contribution in [0.4, 0.5) is 18.9 Å². The summed E-state index contributed by atoms with van der Waals surface area (Å²) in [6.45, 7) is -0.149. The molecule has 1 N–H and O–H groups in total. The fourth-order valence-electron chi connectivity index (χ4n) is 2.55. The van der Waals surface area contributed by atoms with Crippen molar-refractivity contribution in [2.24, 2.45) is 0 Å². The number of nitrogens with one attached hydrogen (secondary N) is 1. The molecule has 0 aliphatic rings. The van der Waals surface area contributed by atoms with E-state index in [0.717, 1.165) is 12.1 Å². The SMILES string of the molecule is CONC(=Cn1cnc2ccc([N+](=O)[O-])cc21)COc1cccc(C(F)(F)F)c1. The minimum absolute atomic E-state index is 0.0229. The van der Waals surface area contributed by atoms with Gasteiger partial charge >= 0.3 is 6.18 Å². The van der Waals surface area contributed by atoms with Crippen LogP contribution in [0.5, 0.6) is 5.75 Å². The number of benzene rings is 2. The average molecular weight is 408 g/mol. The fraction of sp³-hybridized carbons (Fsp3) is 0.167. The average Bonchev–Trinajstić information content (AvgIpc) is 3.08. The van der Waals surface area contributed by atoms with Crippen LogP contribution in [0.2, 0.25) is 0 Å². The van der Waals surface area contributed by atoms with E-state index in [0.29, 0.717) is 16.7 Å². The first-order valence-electron chi connectivity index (χ1n) is 8.18. The predicted molar refractivity (Wildman–Crippen MR) is 97.7 cm³/mol. The molecule has 0 spiro atoms. The third kappa shape index (κ3) is 4.82. The van der Waals surface area contributed by atoms with Gasteiger partial charge in [0.1, 0.15) is 12.4 Å². The number of aromatic nitrogens is 2. The summed E-state index contributed by atoms with van der Waals surface area (Å²) >= 11 is 0. The van der Waals surface area contributed by atoms with Gasteiger partial charge in [0, 0.05) is 18.3 Å². The van der Waals surface area contributed by atoms with Crippen LogP contribution in [0.15, 0.2) is 54.5 Å². The molecule has 0 fully saturated rings. The fourth-order valence-corrected chi connectivity index (χ4v) is 2.55. The highest BCUT2D eigenvalue weighted by atomic mass is 19.4. The summed E-state index contributed by atoms with van der Waals surface area (Å²) < 4.78 is 45.4. The van der Waals surface area contributed by atoms with E-state index in [1.807, 2.05) is 0 Å². The lowest BCUT2D eigenvalue weighted by atomic mass is 10.2. The number of hydrogen-bond acceptors (Lipinski definition) is 6. The number of alkyl halides is 3. The Bertz CT molecular complexity index is 1060. The second-order valence-corrected chi connectivity index (χ2v) is 5.86. The Morgan fingerprint density at radius 1 is 1.31 bits per heavy atom. The number of nitro benzene ring substituents is 1. The van der Waals surface area contributed by atoms with E-state index in [-0.39, 0.29) is 18.0 Å². The van der Waals surface area contributed by atoms with Crippen molar-refractivity contribution in [1.82, 2.24) is 15.0 Å². The standard InChI is InChI=1S/C18H15F3N4O4/c1-28-23-13(10-29-15-4-2-3-12(7-15)18(19,20)21)9-24-11-22-16-6-5-14(25(26)27)8-17(16)24/h2-9,11,23H,10H2,1H3. The molecule has 0 unspecified atom stereocenters. The summed E-state index contributed by atoms with van der Waals surface area (Å²) in [4.78, 5) is 19.5. The molecule has 0 bridgehead atoms. The molecule has 3 rings (SSSR count). The second-order valence-electron chi connectivity index (χ2n) is 5.86. The van der Waals surface area contributed by atoms with Crippen molar-refractivity contribution < 1.29 is 27.7 Å². The number of rotatable bonds is 7.